The van der Waals surface area contributed by atoms with Crippen LogP contribution >= 0.6 is 11.3 Å². The number of carbonyl (C=O) groups excluding carboxylic acids is 2. The number of carbonyl (C=O) groups is 2. The SMILES string of the molecule is CC1(O)CCC2(CCC(=O)NCCN3CCOCC3)C(NC(=O)c3cccs3)CC(C)(C)C2C1. The van der Waals surface area contributed by atoms with Gasteiger partial charge in [-0.3, -0.25) is 14.5 Å². The molecule has 190 valence electrons. The minimum atomic E-state index is -0.696. The molecule has 2 aliphatic carbocycles. The Bertz CT molecular complexity index is 850. The van der Waals surface area contributed by atoms with Crippen LogP contribution in [0.25, 0.3) is 0 Å². The summed E-state index contributed by atoms with van der Waals surface area (Å²) in [5, 5.41) is 19.3. The van der Waals surface area contributed by atoms with Gasteiger partial charge in [-0.1, -0.05) is 19.9 Å². The molecule has 4 unspecified atom stereocenters. The second kappa shape index (κ2) is 10.2. The van der Waals surface area contributed by atoms with Gasteiger partial charge in [0.25, 0.3) is 5.91 Å². The average molecular weight is 492 g/mol. The summed E-state index contributed by atoms with van der Waals surface area (Å²) in [5.41, 5.74) is -0.899. The Balaban J connectivity index is 1.43. The second-order valence-corrected chi connectivity index (χ2v) is 12.4. The standard InChI is InChI=1S/C26H41N3O4S/c1-24(2)18-21(28-23(31)19-5-4-16-34-19)26(9-8-25(3,32)17-20(24)26)7-6-22(30)27-10-11-29-12-14-33-15-13-29/h4-5,16,20-21,32H,6-15,17-18H2,1-3H3,(H,27,30)(H,28,31). The largest absolute Gasteiger partial charge is 0.390 e. The van der Waals surface area contributed by atoms with Crippen molar-refractivity contribution in [1.82, 2.24) is 15.5 Å². The summed E-state index contributed by atoms with van der Waals surface area (Å²) in [6.07, 6.45) is 4.28. The van der Waals surface area contributed by atoms with Crippen LogP contribution in [-0.4, -0.2) is 72.9 Å². The lowest BCUT2D eigenvalue weighted by Crippen LogP contribution is -2.52. The summed E-state index contributed by atoms with van der Waals surface area (Å²) in [4.78, 5) is 28.9. The number of hydrogen-bond acceptors (Lipinski definition) is 6. The number of hydrogen-bond donors (Lipinski definition) is 3. The van der Waals surface area contributed by atoms with Crippen molar-refractivity contribution >= 4 is 23.2 Å². The lowest BCUT2D eigenvalue weighted by Gasteiger charge is -2.50. The number of thiophene rings is 1. The van der Waals surface area contributed by atoms with Gasteiger partial charge >= 0.3 is 0 Å². The summed E-state index contributed by atoms with van der Waals surface area (Å²) < 4.78 is 5.39. The summed E-state index contributed by atoms with van der Waals surface area (Å²) >= 11 is 1.45. The molecule has 2 heterocycles. The zero-order valence-electron chi connectivity index (χ0n) is 20.9. The molecule has 2 saturated carbocycles. The third-order valence-electron chi connectivity index (χ3n) is 8.56. The number of morpholine rings is 1. The fourth-order valence-electron chi connectivity index (χ4n) is 6.68. The first-order valence-electron chi connectivity index (χ1n) is 12.7. The highest BCUT2D eigenvalue weighted by molar-refractivity contribution is 7.12. The molecule has 4 rings (SSSR count). The van der Waals surface area contributed by atoms with E-state index >= 15 is 0 Å². The molecular formula is C26H41N3O4S. The molecule has 1 aromatic heterocycles. The molecule has 3 fully saturated rings. The van der Waals surface area contributed by atoms with E-state index < -0.39 is 5.60 Å². The lowest BCUT2D eigenvalue weighted by atomic mass is 9.57. The first kappa shape index (κ1) is 25.6. The molecule has 7 nitrogen and oxygen atoms in total. The number of nitrogens with one attached hydrogen (secondary N) is 2. The second-order valence-electron chi connectivity index (χ2n) is 11.5. The van der Waals surface area contributed by atoms with Crippen molar-refractivity contribution in [2.45, 2.75) is 70.9 Å². The Morgan fingerprint density at radius 1 is 1.21 bits per heavy atom. The van der Waals surface area contributed by atoms with Crippen molar-refractivity contribution in [3.05, 3.63) is 22.4 Å². The molecule has 1 aromatic rings. The van der Waals surface area contributed by atoms with E-state index in [4.69, 9.17) is 4.74 Å². The van der Waals surface area contributed by atoms with Crippen molar-refractivity contribution < 1.29 is 19.4 Å². The van der Waals surface area contributed by atoms with Gasteiger partial charge < -0.3 is 20.5 Å². The number of ether oxygens (including phenoxy) is 1. The molecule has 1 aliphatic heterocycles. The molecule has 1 saturated heterocycles. The van der Waals surface area contributed by atoms with Crippen molar-refractivity contribution in [1.29, 1.82) is 0 Å². The Kier molecular flexibility index (Phi) is 7.72. The Labute approximate surface area is 207 Å². The summed E-state index contributed by atoms with van der Waals surface area (Å²) in [7, 11) is 0. The van der Waals surface area contributed by atoms with E-state index in [1.165, 1.54) is 11.3 Å². The van der Waals surface area contributed by atoms with Crippen LogP contribution in [-0.2, 0) is 9.53 Å². The molecule has 8 heteroatoms. The average Bonchev–Trinajstić information content (AvgIpc) is 3.39. The zero-order chi connectivity index (χ0) is 24.4. The van der Waals surface area contributed by atoms with Crippen LogP contribution in [0.15, 0.2) is 17.5 Å². The maximum atomic E-state index is 13.0. The van der Waals surface area contributed by atoms with Gasteiger partial charge in [-0.15, -0.1) is 11.3 Å². The fourth-order valence-corrected chi connectivity index (χ4v) is 7.31. The monoisotopic (exact) mass is 491 g/mol. The fraction of sp³-hybridized carbons (Fsp3) is 0.769. The normalized spacial score (nSPS) is 33.3. The van der Waals surface area contributed by atoms with Crippen molar-refractivity contribution in [2.24, 2.45) is 16.7 Å². The minimum Gasteiger partial charge on any atom is -0.390 e. The number of aliphatic hydroxyl groups is 1. The molecule has 0 spiro atoms. The van der Waals surface area contributed by atoms with Gasteiger partial charge in [0.1, 0.15) is 0 Å². The molecule has 0 radical (unpaired) electrons. The van der Waals surface area contributed by atoms with Crippen LogP contribution in [0.4, 0.5) is 0 Å². The van der Waals surface area contributed by atoms with E-state index in [9.17, 15) is 14.7 Å². The topological polar surface area (TPSA) is 90.9 Å². The molecule has 0 aromatic carbocycles. The minimum absolute atomic E-state index is 0.000602. The molecule has 4 atom stereocenters. The number of nitrogens with zero attached hydrogens (tertiary/aromatic N) is 1. The zero-order valence-corrected chi connectivity index (χ0v) is 21.7. The first-order valence-corrected chi connectivity index (χ1v) is 13.6. The molecule has 3 aliphatic rings. The molecule has 0 bridgehead atoms. The summed E-state index contributed by atoms with van der Waals surface area (Å²) in [6, 6.07) is 3.76. The highest BCUT2D eigenvalue weighted by atomic mass is 32.1. The van der Waals surface area contributed by atoms with Gasteiger partial charge in [0.05, 0.1) is 23.7 Å². The smallest absolute Gasteiger partial charge is 0.261 e. The Hall–Kier alpha value is -1.48. The third-order valence-corrected chi connectivity index (χ3v) is 9.42. The van der Waals surface area contributed by atoms with E-state index in [0.717, 1.165) is 57.0 Å². The Morgan fingerprint density at radius 2 is 1.97 bits per heavy atom. The van der Waals surface area contributed by atoms with Gasteiger partial charge in [-0.05, 0) is 67.2 Å². The van der Waals surface area contributed by atoms with Crippen LogP contribution in [0.1, 0.15) is 69.0 Å². The van der Waals surface area contributed by atoms with Gasteiger partial charge in [0.15, 0.2) is 0 Å². The quantitative estimate of drug-likeness (QED) is 0.520. The van der Waals surface area contributed by atoms with Gasteiger partial charge in [0, 0.05) is 38.6 Å². The lowest BCUT2D eigenvalue weighted by molar-refractivity contribution is -0.123. The van der Waals surface area contributed by atoms with Crippen LogP contribution < -0.4 is 10.6 Å². The third kappa shape index (κ3) is 5.66. The van der Waals surface area contributed by atoms with Crippen LogP contribution in [0.2, 0.25) is 0 Å². The van der Waals surface area contributed by atoms with Gasteiger partial charge in [-0.25, -0.2) is 0 Å². The van der Waals surface area contributed by atoms with Crippen molar-refractivity contribution in [3.63, 3.8) is 0 Å². The van der Waals surface area contributed by atoms with E-state index in [2.05, 4.69) is 29.4 Å². The van der Waals surface area contributed by atoms with Crippen LogP contribution in [0.3, 0.4) is 0 Å². The van der Waals surface area contributed by atoms with Crippen molar-refractivity contribution in [3.8, 4) is 0 Å². The molecule has 34 heavy (non-hydrogen) atoms. The number of amides is 2. The van der Waals surface area contributed by atoms with Gasteiger partial charge in [-0.2, -0.15) is 0 Å². The van der Waals surface area contributed by atoms with E-state index in [1.807, 2.05) is 24.4 Å². The number of rotatable bonds is 8. The van der Waals surface area contributed by atoms with E-state index in [0.29, 0.717) is 25.8 Å². The molecule has 2 amide bonds. The summed E-state index contributed by atoms with van der Waals surface area (Å²) in [5.74, 6) is 0.299. The summed E-state index contributed by atoms with van der Waals surface area (Å²) in [6.45, 7) is 11.3. The maximum absolute atomic E-state index is 13.0. The predicted octanol–water partition coefficient (Wildman–Crippen LogP) is 3.04. The van der Waals surface area contributed by atoms with E-state index in [1.54, 1.807) is 0 Å². The maximum Gasteiger partial charge on any atom is 0.261 e. The van der Waals surface area contributed by atoms with Crippen LogP contribution in [0.5, 0.6) is 0 Å². The highest BCUT2D eigenvalue weighted by Crippen LogP contribution is 2.63. The Morgan fingerprint density at radius 3 is 2.68 bits per heavy atom. The molecular weight excluding hydrogens is 450 g/mol. The van der Waals surface area contributed by atoms with Crippen molar-refractivity contribution in [2.75, 3.05) is 39.4 Å². The van der Waals surface area contributed by atoms with Gasteiger partial charge in [0.2, 0.25) is 5.91 Å². The predicted molar refractivity (Wildman–Crippen MR) is 134 cm³/mol. The first-order chi connectivity index (χ1) is 16.1. The number of fused-ring (bicyclic) bond motifs is 1. The van der Waals surface area contributed by atoms with E-state index in [-0.39, 0.29) is 34.6 Å². The highest BCUT2D eigenvalue weighted by Gasteiger charge is 2.61. The van der Waals surface area contributed by atoms with Crippen LogP contribution in [0, 0.1) is 16.7 Å². The molecule has 3 N–H and O–H groups in total.